The number of halogens is 2. The molecule has 0 aliphatic heterocycles. The summed E-state index contributed by atoms with van der Waals surface area (Å²) in [6, 6.07) is 11.1. The molecule has 1 nitrogen and oxygen atoms in total. The van der Waals surface area contributed by atoms with Gasteiger partial charge in [0.15, 0.2) is 5.78 Å². The van der Waals surface area contributed by atoms with Crippen LogP contribution in [0.5, 0.6) is 0 Å². The van der Waals surface area contributed by atoms with Gasteiger partial charge in [0, 0.05) is 21.3 Å². The van der Waals surface area contributed by atoms with Gasteiger partial charge in [-0.1, -0.05) is 45.7 Å². The minimum Gasteiger partial charge on any atom is -0.294 e. The van der Waals surface area contributed by atoms with Crippen LogP contribution in [0.25, 0.3) is 0 Å². The Balaban J connectivity index is 2.18. The van der Waals surface area contributed by atoms with Crippen molar-refractivity contribution in [3.05, 3.63) is 55.6 Å². The highest BCUT2D eigenvalue weighted by Gasteiger charge is 2.11. The van der Waals surface area contributed by atoms with Gasteiger partial charge in [-0.2, -0.15) is 0 Å². The Morgan fingerprint density at radius 2 is 2.00 bits per heavy atom. The highest BCUT2D eigenvalue weighted by molar-refractivity contribution is 9.10. The molecule has 0 aliphatic rings. The van der Waals surface area contributed by atoms with Crippen LogP contribution in [-0.4, -0.2) is 5.78 Å². The van der Waals surface area contributed by atoms with Crippen LogP contribution < -0.4 is 0 Å². The molecule has 2 rings (SSSR count). The van der Waals surface area contributed by atoms with Crippen LogP contribution in [0.15, 0.2) is 40.9 Å². The monoisotopic (exact) mass is 314 g/mol. The van der Waals surface area contributed by atoms with Gasteiger partial charge >= 0.3 is 0 Å². The molecule has 0 saturated heterocycles. The Kier molecular flexibility index (Phi) is 3.79. The largest absolute Gasteiger partial charge is 0.294 e. The Bertz CT molecular complexity index is 521. The highest BCUT2D eigenvalue weighted by atomic mass is 79.9. The summed E-state index contributed by atoms with van der Waals surface area (Å²) in [7, 11) is 0. The van der Waals surface area contributed by atoms with Gasteiger partial charge in [0.1, 0.15) is 0 Å². The van der Waals surface area contributed by atoms with E-state index in [1.165, 1.54) is 11.3 Å². The van der Waals surface area contributed by atoms with E-state index in [9.17, 15) is 4.79 Å². The van der Waals surface area contributed by atoms with Crippen molar-refractivity contribution in [2.45, 2.75) is 6.42 Å². The van der Waals surface area contributed by atoms with Gasteiger partial charge in [-0.25, -0.2) is 0 Å². The standard InChI is InChI=1S/C12H8BrClOS/c13-10-4-2-1-3-9(10)11(15)7-8-5-6-12(14)16-8/h1-6H,7H2. The van der Waals surface area contributed by atoms with Crippen LogP contribution in [0.2, 0.25) is 4.34 Å². The average molecular weight is 316 g/mol. The number of rotatable bonds is 3. The molecule has 0 saturated carbocycles. The van der Waals surface area contributed by atoms with Crippen LogP contribution in [0.3, 0.4) is 0 Å². The molecule has 0 fully saturated rings. The molecular formula is C12H8BrClOS. The quantitative estimate of drug-likeness (QED) is 0.757. The van der Waals surface area contributed by atoms with Crippen molar-refractivity contribution in [3.63, 3.8) is 0 Å². The molecule has 1 aromatic heterocycles. The molecule has 2 aromatic rings. The van der Waals surface area contributed by atoms with Crippen molar-refractivity contribution in [2.24, 2.45) is 0 Å². The number of carbonyl (C=O) groups is 1. The first-order valence-electron chi connectivity index (χ1n) is 4.69. The summed E-state index contributed by atoms with van der Waals surface area (Å²) in [5.41, 5.74) is 0.715. The van der Waals surface area contributed by atoms with Gasteiger partial charge < -0.3 is 0 Å². The number of carbonyl (C=O) groups excluding carboxylic acids is 1. The smallest absolute Gasteiger partial charge is 0.169 e. The second kappa shape index (κ2) is 5.13. The zero-order valence-electron chi connectivity index (χ0n) is 8.24. The predicted molar refractivity (Wildman–Crippen MR) is 71.5 cm³/mol. The van der Waals surface area contributed by atoms with E-state index in [0.717, 1.165) is 13.7 Å². The van der Waals surface area contributed by atoms with Crippen molar-refractivity contribution < 1.29 is 4.79 Å². The van der Waals surface area contributed by atoms with Gasteiger partial charge in [0.2, 0.25) is 0 Å². The molecule has 16 heavy (non-hydrogen) atoms. The third-order valence-corrected chi connectivity index (χ3v) is 4.06. The second-order valence-electron chi connectivity index (χ2n) is 3.29. The third kappa shape index (κ3) is 2.73. The SMILES string of the molecule is O=C(Cc1ccc(Cl)s1)c1ccccc1Br. The average Bonchev–Trinajstić information content (AvgIpc) is 2.64. The summed E-state index contributed by atoms with van der Waals surface area (Å²) < 4.78 is 1.55. The lowest BCUT2D eigenvalue weighted by Gasteiger charge is -2.01. The fourth-order valence-electron chi connectivity index (χ4n) is 1.39. The van der Waals surface area contributed by atoms with Gasteiger partial charge in [-0.3, -0.25) is 4.79 Å². The van der Waals surface area contributed by atoms with Crippen molar-refractivity contribution in [1.29, 1.82) is 0 Å². The molecule has 0 N–H and O–H groups in total. The van der Waals surface area contributed by atoms with Crippen molar-refractivity contribution in [2.75, 3.05) is 0 Å². The fraction of sp³-hybridized carbons (Fsp3) is 0.0833. The van der Waals surface area contributed by atoms with Crippen molar-refractivity contribution >= 4 is 44.7 Å². The Morgan fingerprint density at radius 3 is 2.62 bits per heavy atom. The topological polar surface area (TPSA) is 17.1 Å². The maximum atomic E-state index is 12.0. The van der Waals surface area contributed by atoms with E-state index < -0.39 is 0 Å². The molecule has 0 unspecified atom stereocenters. The number of ketones is 1. The number of thiophene rings is 1. The van der Waals surface area contributed by atoms with Crippen LogP contribution in [0.4, 0.5) is 0 Å². The van der Waals surface area contributed by atoms with E-state index in [1.54, 1.807) is 0 Å². The first-order valence-corrected chi connectivity index (χ1v) is 6.67. The summed E-state index contributed by atoms with van der Waals surface area (Å²) in [6.45, 7) is 0. The lowest BCUT2D eigenvalue weighted by Crippen LogP contribution is -2.02. The Labute approximate surface area is 111 Å². The molecule has 1 heterocycles. The number of benzene rings is 1. The highest BCUT2D eigenvalue weighted by Crippen LogP contribution is 2.24. The predicted octanol–water partition coefficient (Wildman–Crippen LogP) is 4.59. The third-order valence-electron chi connectivity index (χ3n) is 2.14. The molecule has 1 aromatic carbocycles. The Hall–Kier alpha value is -0.640. The molecule has 0 amide bonds. The molecule has 0 radical (unpaired) electrons. The summed E-state index contributed by atoms with van der Waals surface area (Å²) in [5.74, 6) is 0.103. The summed E-state index contributed by atoms with van der Waals surface area (Å²) >= 11 is 10.6. The maximum absolute atomic E-state index is 12.0. The minimum atomic E-state index is 0.103. The van der Waals surface area contributed by atoms with Gasteiger partial charge in [-0.05, 0) is 18.2 Å². The molecular weight excluding hydrogens is 308 g/mol. The first-order chi connectivity index (χ1) is 7.66. The number of Topliss-reactive ketones (excluding diaryl/α,β-unsaturated/α-hetero) is 1. The van der Waals surface area contributed by atoms with Crippen LogP contribution in [0, 0.1) is 0 Å². The minimum absolute atomic E-state index is 0.103. The van der Waals surface area contributed by atoms with Gasteiger partial charge in [0.25, 0.3) is 0 Å². The van der Waals surface area contributed by atoms with E-state index in [0.29, 0.717) is 12.0 Å². The first kappa shape index (κ1) is 11.8. The zero-order valence-corrected chi connectivity index (χ0v) is 11.4. The lowest BCUT2D eigenvalue weighted by molar-refractivity contribution is 0.0993. The summed E-state index contributed by atoms with van der Waals surface area (Å²) in [5, 5.41) is 0. The lowest BCUT2D eigenvalue weighted by atomic mass is 10.1. The Morgan fingerprint density at radius 1 is 1.25 bits per heavy atom. The summed E-state index contributed by atoms with van der Waals surface area (Å²) in [4.78, 5) is 13.0. The van der Waals surface area contributed by atoms with E-state index in [-0.39, 0.29) is 5.78 Å². The van der Waals surface area contributed by atoms with E-state index in [2.05, 4.69) is 15.9 Å². The maximum Gasteiger partial charge on any atom is 0.169 e. The molecule has 0 aliphatic carbocycles. The summed E-state index contributed by atoms with van der Waals surface area (Å²) in [6.07, 6.45) is 0.403. The molecule has 0 atom stereocenters. The zero-order chi connectivity index (χ0) is 11.5. The van der Waals surface area contributed by atoms with Crippen LogP contribution >= 0.6 is 38.9 Å². The van der Waals surface area contributed by atoms with E-state index in [4.69, 9.17) is 11.6 Å². The van der Waals surface area contributed by atoms with E-state index >= 15 is 0 Å². The fourth-order valence-corrected chi connectivity index (χ4v) is 2.98. The van der Waals surface area contributed by atoms with Crippen molar-refractivity contribution in [1.82, 2.24) is 0 Å². The van der Waals surface area contributed by atoms with Gasteiger partial charge in [0.05, 0.1) is 4.34 Å². The van der Waals surface area contributed by atoms with Crippen LogP contribution in [-0.2, 0) is 6.42 Å². The van der Waals surface area contributed by atoms with Gasteiger partial charge in [-0.15, -0.1) is 11.3 Å². The van der Waals surface area contributed by atoms with E-state index in [1.807, 2.05) is 36.4 Å². The molecule has 82 valence electrons. The normalized spacial score (nSPS) is 10.4. The molecule has 0 spiro atoms. The molecule has 0 bridgehead atoms. The number of hydrogen-bond donors (Lipinski definition) is 0. The molecule has 4 heteroatoms. The van der Waals surface area contributed by atoms with Crippen molar-refractivity contribution in [3.8, 4) is 0 Å². The number of hydrogen-bond acceptors (Lipinski definition) is 2. The second-order valence-corrected chi connectivity index (χ2v) is 5.94. The van der Waals surface area contributed by atoms with Crippen LogP contribution in [0.1, 0.15) is 15.2 Å².